The fourth-order valence-corrected chi connectivity index (χ4v) is 2.30. The van der Waals surface area contributed by atoms with Crippen LogP contribution in [-0.2, 0) is 14.3 Å². The van der Waals surface area contributed by atoms with Gasteiger partial charge in [0.1, 0.15) is 0 Å². The molecular formula is C16H21NO6. The number of carbonyl (C=O) groups is 2. The van der Waals surface area contributed by atoms with Crippen molar-refractivity contribution in [3.8, 4) is 0 Å². The van der Waals surface area contributed by atoms with E-state index in [0.717, 1.165) is 0 Å². The number of aryl methyl sites for hydroxylation is 1. The molecule has 1 rings (SSSR count). The summed E-state index contributed by atoms with van der Waals surface area (Å²) in [5, 5.41) is 11.3. The van der Waals surface area contributed by atoms with Gasteiger partial charge in [-0.1, -0.05) is 6.07 Å². The molecule has 0 saturated carbocycles. The largest absolute Gasteiger partial charge is 0.467 e. The highest BCUT2D eigenvalue weighted by atomic mass is 16.6. The Morgan fingerprint density at radius 3 is 2.30 bits per heavy atom. The fraction of sp³-hybridized carbons (Fsp3) is 0.500. The molecule has 7 nitrogen and oxygen atoms in total. The second-order valence-electron chi connectivity index (χ2n) is 6.18. The van der Waals surface area contributed by atoms with E-state index in [4.69, 9.17) is 9.47 Å². The van der Waals surface area contributed by atoms with Gasteiger partial charge < -0.3 is 9.47 Å². The molecule has 0 aliphatic heterocycles. The average Bonchev–Trinajstić information content (AvgIpc) is 2.44. The van der Waals surface area contributed by atoms with Gasteiger partial charge in [0.25, 0.3) is 5.69 Å². The van der Waals surface area contributed by atoms with Crippen LogP contribution >= 0.6 is 0 Å². The number of rotatable bonds is 5. The molecule has 0 aliphatic rings. The van der Waals surface area contributed by atoms with Crippen molar-refractivity contribution in [1.82, 2.24) is 0 Å². The van der Waals surface area contributed by atoms with Gasteiger partial charge in [0.15, 0.2) is 12.4 Å². The van der Waals surface area contributed by atoms with Crippen LogP contribution in [0, 0.1) is 24.0 Å². The van der Waals surface area contributed by atoms with E-state index in [-0.39, 0.29) is 16.8 Å². The Hall–Kier alpha value is -2.28. The predicted octanol–water partition coefficient (Wildman–Crippen LogP) is 3.05. The molecular weight excluding hydrogens is 302 g/mol. The normalized spacial score (nSPS) is 12.6. The van der Waals surface area contributed by atoms with Gasteiger partial charge in [0.05, 0.1) is 23.2 Å². The third-order valence-corrected chi connectivity index (χ3v) is 3.31. The van der Waals surface area contributed by atoms with E-state index in [1.54, 1.807) is 33.8 Å². The molecule has 0 heterocycles. The number of benzene rings is 1. The minimum Gasteiger partial charge on any atom is -0.467 e. The van der Waals surface area contributed by atoms with E-state index in [0.29, 0.717) is 17.4 Å². The molecule has 0 radical (unpaired) electrons. The van der Waals surface area contributed by atoms with Gasteiger partial charge in [-0.2, -0.15) is 0 Å². The van der Waals surface area contributed by atoms with E-state index in [1.807, 2.05) is 0 Å². The summed E-state index contributed by atoms with van der Waals surface area (Å²) in [4.78, 5) is 34.0. The molecule has 1 atom stereocenters. The smallest absolute Gasteiger partial charge is 0.339 e. The maximum Gasteiger partial charge on any atom is 0.339 e. The summed E-state index contributed by atoms with van der Waals surface area (Å²) in [6, 6.07) is 1.55. The van der Waals surface area contributed by atoms with Gasteiger partial charge >= 0.3 is 5.97 Å². The summed E-state index contributed by atoms with van der Waals surface area (Å²) in [6.07, 6.45) is -0.666. The van der Waals surface area contributed by atoms with Crippen LogP contribution in [0.3, 0.4) is 0 Å². The lowest BCUT2D eigenvalue weighted by atomic mass is 9.94. The Kier molecular flexibility index (Phi) is 5.60. The quantitative estimate of drug-likeness (QED) is 0.357. The third kappa shape index (κ3) is 4.13. The molecule has 0 bridgehead atoms. The van der Waals surface area contributed by atoms with Gasteiger partial charge in [-0.05, 0) is 40.2 Å². The second-order valence-corrected chi connectivity index (χ2v) is 6.18. The van der Waals surface area contributed by atoms with Crippen molar-refractivity contribution in [2.24, 2.45) is 0 Å². The summed E-state index contributed by atoms with van der Waals surface area (Å²) < 4.78 is 10.5. The van der Waals surface area contributed by atoms with Crippen molar-refractivity contribution in [2.75, 3.05) is 7.11 Å². The molecule has 0 N–H and O–H groups in total. The Labute approximate surface area is 134 Å². The van der Waals surface area contributed by atoms with E-state index >= 15 is 0 Å². The summed E-state index contributed by atoms with van der Waals surface area (Å²) in [5.41, 5.74) is -0.0585. The minimum absolute atomic E-state index is 0.00405. The molecule has 0 amide bonds. The van der Waals surface area contributed by atoms with E-state index in [1.165, 1.54) is 14.0 Å². The maximum atomic E-state index is 12.1. The molecule has 0 spiro atoms. The summed E-state index contributed by atoms with van der Waals surface area (Å²) in [6.45, 7) is 8.35. The highest BCUT2D eigenvalue weighted by molar-refractivity contribution is 5.87. The lowest BCUT2D eigenvalue weighted by Crippen LogP contribution is -2.29. The molecule has 1 unspecified atom stereocenters. The molecule has 126 valence electrons. The molecule has 23 heavy (non-hydrogen) atoms. The van der Waals surface area contributed by atoms with Crippen molar-refractivity contribution >= 4 is 17.9 Å². The lowest BCUT2D eigenvalue weighted by molar-refractivity contribution is -0.385. The van der Waals surface area contributed by atoms with Crippen molar-refractivity contribution < 1.29 is 24.0 Å². The van der Waals surface area contributed by atoms with E-state index < -0.39 is 22.6 Å². The van der Waals surface area contributed by atoms with Crippen LogP contribution < -0.4 is 0 Å². The zero-order valence-electron chi connectivity index (χ0n) is 14.1. The average molecular weight is 323 g/mol. The Morgan fingerprint density at radius 1 is 1.35 bits per heavy atom. The summed E-state index contributed by atoms with van der Waals surface area (Å²) >= 11 is 0. The first-order valence-corrected chi connectivity index (χ1v) is 7.02. The first-order valence-electron chi connectivity index (χ1n) is 7.02. The number of methoxy groups -OCH3 is 1. The number of carbonyl (C=O) groups excluding carboxylic acids is 2. The zero-order chi connectivity index (χ0) is 17.9. The van der Waals surface area contributed by atoms with Crippen LogP contribution in [0.2, 0.25) is 0 Å². The zero-order valence-corrected chi connectivity index (χ0v) is 14.1. The Morgan fingerprint density at radius 2 is 1.91 bits per heavy atom. The molecule has 0 aromatic heterocycles. The number of aldehydes is 1. The van der Waals surface area contributed by atoms with Crippen LogP contribution in [0.1, 0.15) is 53.9 Å². The summed E-state index contributed by atoms with van der Waals surface area (Å²) in [7, 11) is 1.22. The van der Waals surface area contributed by atoms with Gasteiger partial charge in [-0.3, -0.25) is 14.9 Å². The van der Waals surface area contributed by atoms with Crippen LogP contribution in [0.5, 0.6) is 0 Å². The predicted molar refractivity (Wildman–Crippen MR) is 83.6 cm³/mol. The van der Waals surface area contributed by atoms with Crippen LogP contribution in [0.4, 0.5) is 5.69 Å². The Bertz CT molecular complexity index is 645. The maximum absolute atomic E-state index is 12.1. The minimum atomic E-state index is -1.11. The number of ether oxygens (including phenoxy) is 2. The Balaban J connectivity index is 3.64. The van der Waals surface area contributed by atoms with Gasteiger partial charge in [0.2, 0.25) is 0 Å². The van der Waals surface area contributed by atoms with Crippen molar-refractivity contribution in [3.05, 3.63) is 38.4 Å². The number of hydrogen-bond acceptors (Lipinski definition) is 6. The van der Waals surface area contributed by atoms with Crippen LogP contribution in [0.15, 0.2) is 6.07 Å². The number of esters is 1. The number of nitrogens with zero attached hydrogens (tertiary/aromatic N) is 1. The first kappa shape index (κ1) is 18.8. The SMILES string of the molecule is COC(=O)C(OC(C)(C)C)c1cc(C)c(C=O)c([N+](=O)[O-])c1C. The van der Waals surface area contributed by atoms with E-state index in [9.17, 15) is 19.7 Å². The highest BCUT2D eigenvalue weighted by Crippen LogP contribution is 2.35. The first-order chi connectivity index (χ1) is 10.5. The molecule has 1 aromatic carbocycles. The van der Waals surface area contributed by atoms with Gasteiger partial charge in [-0.15, -0.1) is 0 Å². The van der Waals surface area contributed by atoms with Crippen LogP contribution in [-0.4, -0.2) is 29.9 Å². The number of nitro groups is 1. The van der Waals surface area contributed by atoms with Crippen LogP contribution in [0.25, 0.3) is 0 Å². The lowest BCUT2D eigenvalue weighted by Gasteiger charge is -2.27. The molecule has 0 saturated heterocycles. The standard InChI is InChI=1S/C16H21NO6/c1-9-7-11(10(2)13(17(20)21)12(9)8-18)14(15(19)22-6)23-16(3,4)5/h7-8,14H,1-6H3. The topological polar surface area (TPSA) is 95.7 Å². The molecule has 7 heteroatoms. The van der Waals surface area contributed by atoms with Crippen molar-refractivity contribution in [3.63, 3.8) is 0 Å². The highest BCUT2D eigenvalue weighted by Gasteiger charge is 2.33. The van der Waals surface area contributed by atoms with E-state index in [2.05, 4.69) is 0 Å². The summed E-state index contributed by atoms with van der Waals surface area (Å²) in [5.74, 6) is -0.657. The number of nitro benzene ring substituents is 1. The molecule has 0 aliphatic carbocycles. The number of hydrogen-bond donors (Lipinski definition) is 0. The third-order valence-electron chi connectivity index (χ3n) is 3.31. The fourth-order valence-electron chi connectivity index (χ4n) is 2.30. The van der Waals surface area contributed by atoms with Crippen molar-refractivity contribution in [1.29, 1.82) is 0 Å². The van der Waals surface area contributed by atoms with Crippen molar-refractivity contribution in [2.45, 2.75) is 46.3 Å². The monoisotopic (exact) mass is 323 g/mol. The van der Waals surface area contributed by atoms with Gasteiger partial charge in [-0.25, -0.2) is 4.79 Å². The molecule has 1 aromatic rings. The second kappa shape index (κ2) is 6.87. The molecule has 0 fully saturated rings. The van der Waals surface area contributed by atoms with Gasteiger partial charge in [0, 0.05) is 11.1 Å².